The first-order valence-corrected chi connectivity index (χ1v) is 8.68. The third kappa shape index (κ3) is 3.73. The number of carbonyl (C=O) groups excluding carboxylic acids is 2. The van der Waals surface area contributed by atoms with E-state index >= 15 is 0 Å². The number of methoxy groups -OCH3 is 1. The van der Waals surface area contributed by atoms with Crippen molar-refractivity contribution in [2.75, 3.05) is 12.8 Å². The number of ether oxygens (including phenoxy) is 1. The lowest BCUT2D eigenvalue weighted by Crippen LogP contribution is -2.33. The van der Waals surface area contributed by atoms with E-state index in [1.54, 1.807) is 0 Å². The number of nitrogen functional groups attached to an aromatic ring is 1. The number of Topliss-reactive ketones (excluding diaryl/α,β-unsaturated/α-hetero) is 1. The molecule has 1 saturated carbocycles. The number of esters is 1. The molecule has 2 atom stereocenters. The average molecular weight is 337 g/mol. The third-order valence-electron chi connectivity index (χ3n) is 5.02. The quantitative estimate of drug-likeness (QED) is 0.518. The van der Waals surface area contributed by atoms with Gasteiger partial charge in [0.1, 0.15) is 0 Å². The summed E-state index contributed by atoms with van der Waals surface area (Å²) >= 11 is 0. The maximum Gasteiger partial charge on any atom is 0.309 e. The van der Waals surface area contributed by atoms with Crippen LogP contribution in [0.5, 0.6) is 0 Å². The number of hydrogen-bond acceptors (Lipinski definition) is 4. The van der Waals surface area contributed by atoms with Gasteiger partial charge in [0.2, 0.25) is 0 Å². The third-order valence-corrected chi connectivity index (χ3v) is 5.02. The van der Waals surface area contributed by atoms with Gasteiger partial charge >= 0.3 is 5.97 Å². The largest absolute Gasteiger partial charge is 0.469 e. The van der Waals surface area contributed by atoms with Gasteiger partial charge in [0, 0.05) is 17.2 Å². The van der Waals surface area contributed by atoms with Crippen molar-refractivity contribution in [2.45, 2.75) is 25.7 Å². The first-order valence-electron chi connectivity index (χ1n) is 8.68. The monoisotopic (exact) mass is 337 g/mol. The Morgan fingerprint density at radius 2 is 1.40 bits per heavy atom. The number of nitrogens with two attached hydrogens (primary N) is 1. The summed E-state index contributed by atoms with van der Waals surface area (Å²) in [5.74, 6) is -0.818. The van der Waals surface area contributed by atoms with Crippen LogP contribution in [0, 0.1) is 11.8 Å². The molecule has 3 rings (SSSR count). The Hall–Kier alpha value is -2.62. The van der Waals surface area contributed by atoms with E-state index in [-0.39, 0.29) is 23.6 Å². The topological polar surface area (TPSA) is 69.4 Å². The molecule has 1 aliphatic rings. The predicted octanol–water partition coefficient (Wildman–Crippen LogP) is 4.10. The SMILES string of the molecule is COC(=O)[C@H]1CCCC[C@H]1C(=O)c1ccc(-c2ccc(N)cc2)cc1. The van der Waals surface area contributed by atoms with Gasteiger partial charge in [0.25, 0.3) is 0 Å². The molecule has 0 spiro atoms. The second-order valence-electron chi connectivity index (χ2n) is 6.58. The maximum absolute atomic E-state index is 12.9. The Morgan fingerprint density at radius 1 is 0.880 bits per heavy atom. The summed E-state index contributed by atoms with van der Waals surface area (Å²) in [5.41, 5.74) is 9.18. The van der Waals surface area contributed by atoms with Crippen LogP contribution in [-0.2, 0) is 9.53 Å². The van der Waals surface area contributed by atoms with Crippen molar-refractivity contribution in [1.29, 1.82) is 0 Å². The van der Waals surface area contributed by atoms with Gasteiger partial charge in [-0.2, -0.15) is 0 Å². The summed E-state index contributed by atoms with van der Waals surface area (Å²) in [6, 6.07) is 15.2. The Bertz CT molecular complexity index is 750. The van der Waals surface area contributed by atoms with E-state index in [0.717, 1.165) is 42.5 Å². The summed E-state index contributed by atoms with van der Waals surface area (Å²) in [6.07, 6.45) is 3.43. The highest BCUT2D eigenvalue weighted by molar-refractivity contribution is 6.00. The van der Waals surface area contributed by atoms with Crippen molar-refractivity contribution < 1.29 is 14.3 Å². The number of hydrogen-bond donors (Lipinski definition) is 1. The minimum atomic E-state index is -0.317. The molecule has 1 fully saturated rings. The molecule has 0 heterocycles. The molecule has 0 unspecified atom stereocenters. The molecule has 0 saturated heterocycles. The fourth-order valence-electron chi connectivity index (χ4n) is 3.59. The van der Waals surface area contributed by atoms with Crippen LogP contribution in [-0.4, -0.2) is 18.9 Å². The molecule has 1 aliphatic carbocycles. The summed E-state index contributed by atoms with van der Waals surface area (Å²) in [4.78, 5) is 24.9. The summed E-state index contributed by atoms with van der Waals surface area (Å²) in [7, 11) is 1.39. The van der Waals surface area contributed by atoms with Crippen molar-refractivity contribution in [2.24, 2.45) is 11.8 Å². The van der Waals surface area contributed by atoms with Crippen LogP contribution in [0.25, 0.3) is 11.1 Å². The van der Waals surface area contributed by atoms with Gasteiger partial charge in [0.15, 0.2) is 5.78 Å². The molecule has 0 bridgehead atoms. The van der Waals surface area contributed by atoms with Gasteiger partial charge in [-0.25, -0.2) is 0 Å². The lowest BCUT2D eigenvalue weighted by molar-refractivity contribution is -0.147. The molecule has 0 radical (unpaired) electrons. The summed E-state index contributed by atoms with van der Waals surface area (Å²) in [5, 5.41) is 0. The maximum atomic E-state index is 12.9. The molecular weight excluding hydrogens is 314 g/mol. The summed E-state index contributed by atoms with van der Waals surface area (Å²) < 4.78 is 4.89. The molecular formula is C21H23NO3. The van der Waals surface area contributed by atoms with E-state index in [4.69, 9.17) is 10.5 Å². The van der Waals surface area contributed by atoms with Crippen molar-refractivity contribution >= 4 is 17.4 Å². The van der Waals surface area contributed by atoms with Crippen LogP contribution in [0.4, 0.5) is 5.69 Å². The van der Waals surface area contributed by atoms with Crippen LogP contribution in [0.3, 0.4) is 0 Å². The van der Waals surface area contributed by atoms with Crippen molar-refractivity contribution in [3.05, 3.63) is 54.1 Å². The van der Waals surface area contributed by atoms with E-state index in [0.29, 0.717) is 5.56 Å². The van der Waals surface area contributed by atoms with Crippen LogP contribution in [0.1, 0.15) is 36.0 Å². The minimum Gasteiger partial charge on any atom is -0.469 e. The minimum absolute atomic E-state index is 0.0407. The van der Waals surface area contributed by atoms with Gasteiger partial charge in [-0.05, 0) is 36.1 Å². The van der Waals surface area contributed by atoms with Crippen molar-refractivity contribution in [1.82, 2.24) is 0 Å². The molecule has 25 heavy (non-hydrogen) atoms. The smallest absolute Gasteiger partial charge is 0.309 e. The van der Waals surface area contributed by atoms with Crippen molar-refractivity contribution in [3.8, 4) is 11.1 Å². The molecule has 0 aromatic heterocycles. The number of anilines is 1. The van der Waals surface area contributed by atoms with E-state index in [1.807, 2.05) is 48.5 Å². The zero-order chi connectivity index (χ0) is 17.8. The molecule has 130 valence electrons. The average Bonchev–Trinajstić information content (AvgIpc) is 2.67. The zero-order valence-electron chi connectivity index (χ0n) is 14.4. The molecule has 2 aromatic rings. The number of carbonyl (C=O) groups is 2. The Kier molecular flexibility index (Phi) is 5.17. The molecule has 4 heteroatoms. The first kappa shape index (κ1) is 17.2. The molecule has 0 amide bonds. The normalized spacial score (nSPS) is 20.0. The van der Waals surface area contributed by atoms with Crippen LogP contribution >= 0.6 is 0 Å². The van der Waals surface area contributed by atoms with E-state index in [2.05, 4.69) is 0 Å². The van der Waals surface area contributed by atoms with Crippen LogP contribution in [0.15, 0.2) is 48.5 Å². The second-order valence-corrected chi connectivity index (χ2v) is 6.58. The van der Waals surface area contributed by atoms with E-state index < -0.39 is 0 Å². The lowest BCUT2D eigenvalue weighted by atomic mass is 9.75. The standard InChI is InChI=1S/C21H23NO3/c1-25-21(24)19-5-3-2-4-18(19)20(23)16-8-6-14(7-9-16)15-10-12-17(22)13-11-15/h6-13,18-19H,2-5,22H2,1H3/t18-,19+/m1/s1. The predicted molar refractivity (Wildman–Crippen MR) is 98.1 cm³/mol. The lowest BCUT2D eigenvalue weighted by Gasteiger charge is -2.28. The molecule has 2 N–H and O–H groups in total. The second kappa shape index (κ2) is 7.51. The fourth-order valence-corrected chi connectivity index (χ4v) is 3.59. The van der Waals surface area contributed by atoms with E-state index in [9.17, 15) is 9.59 Å². The van der Waals surface area contributed by atoms with Gasteiger partial charge < -0.3 is 10.5 Å². The number of ketones is 1. The number of benzene rings is 2. The van der Waals surface area contributed by atoms with Crippen LogP contribution in [0.2, 0.25) is 0 Å². The zero-order valence-corrected chi connectivity index (χ0v) is 14.4. The van der Waals surface area contributed by atoms with E-state index in [1.165, 1.54) is 7.11 Å². The number of rotatable bonds is 4. The summed E-state index contributed by atoms with van der Waals surface area (Å²) in [6.45, 7) is 0. The Balaban J connectivity index is 1.80. The highest BCUT2D eigenvalue weighted by atomic mass is 16.5. The van der Waals surface area contributed by atoms with Gasteiger partial charge in [0.05, 0.1) is 13.0 Å². The highest BCUT2D eigenvalue weighted by Crippen LogP contribution is 2.34. The van der Waals surface area contributed by atoms with Crippen LogP contribution < -0.4 is 5.73 Å². The highest BCUT2D eigenvalue weighted by Gasteiger charge is 2.36. The first-order chi connectivity index (χ1) is 12.1. The van der Waals surface area contributed by atoms with Gasteiger partial charge in [-0.3, -0.25) is 9.59 Å². The molecule has 4 nitrogen and oxygen atoms in total. The van der Waals surface area contributed by atoms with Crippen molar-refractivity contribution in [3.63, 3.8) is 0 Å². The molecule has 2 aromatic carbocycles. The van der Waals surface area contributed by atoms with Gasteiger partial charge in [-0.1, -0.05) is 49.2 Å². The Morgan fingerprint density at radius 3 is 1.96 bits per heavy atom. The fraction of sp³-hybridized carbons (Fsp3) is 0.333. The Labute approximate surface area is 148 Å². The molecule has 0 aliphatic heterocycles. The van der Waals surface area contributed by atoms with Gasteiger partial charge in [-0.15, -0.1) is 0 Å².